The van der Waals surface area contributed by atoms with Gasteiger partial charge in [0.1, 0.15) is 0 Å². The average molecular weight is 353 g/mol. The third-order valence-electron chi connectivity index (χ3n) is 4.30. The zero-order valence-electron chi connectivity index (χ0n) is 14.0. The zero-order chi connectivity index (χ0) is 15.6. The Morgan fingerprint density at radius 3 is 2.62 bits per heavy atom. The minimum Gasteiger partial charge on any atom is -0.369 e. The number of nitrogens with one attached hydrogen (secondary N) is 1. The molecule has 2 atom stereocenters. The fourth-order valence-corrected chi connectivity index (χ4v) is 3.43. The quantitative estimate of drug-likeness (QED) is 0.826. The van der Waals surface area contributed by atoms with E-state index < -0.39 is 0 Å². The lowest BCUT2D eigenvalue weighted by atomic mass is 9.92. The fraction of sp³-hybridized carbons (Fsp3) is 0.667. The van der Waals surface area contributed by atoms with E-state index in [1.807, 2.05) is 0 Å². The van der Waals surface area contributed by atoms with Crippen LogP contribution in [0.2, 0.25) is 0 Å². The smallest absolute Gasteiger partial charge is 0.0425 e. The van der Waals surface area contributed by atoms with Gasteiger partial charge >= 0.3 is 0 Å². The van der Waals surface area contributed by atoms with E-state index in [0.29, 0.717) is 6.04 Å². The Morgan fingerprint density at radius 2 is 2.00 bits per heavy atom. The topological polar surface area (TPSA) is 15.3 Å². The molecule has 21 heavy (non-hydrogen) atoms. The molecule has 1 heterocycles. The lowest BCUT2D eigenvalue weighted by Gasteiger charge is -2.39. The predicted molar refractivity (Wildman–Crippen MR) is 95.9 cm³/mol. The molecular weight excluding hydrogens is 324 g/mol. The van der Waals surface area contributed by atoms with E-state index in [9.17, 15) is 0 Å². The normalized spacial score (nSPS) is 23.4. The maximum atomic E-state index is 3.64. The third-order valence-corrected chi connectivity index (χ3v) is 4.80. The summed E-state index contributed by atoms with van der Waals surface area (Å²) in [4.78, 5) is 2.59. The van der Waals surface area contributed by atoms with Crippen molar-refractivity contribution in [3.63, 3.8) is 0 Å². The molecule has 1 saturated heterocycles. The molecule has 0 aromatic heterocycles. The van der Waals surface area contributed by atoms with Crippen LogP contribution in [-0.2, 0) is 6.54 Å². The van der Waals surface area contributed by atoms with Crippen LogP contribution in [0, 0.1) is 5.92 Å². The second-order valence-corrected chi connectivity index (χ2v) is 8.46. The van der Waals surface area contributed by atoms with Gasteiger partial charge in [-0.15, -0.1) is 0 Å². The number of rotatable bonds is 3. The van der Waals surface area contributed by atoms with Crippen LogP contribution in [-0.4, -0.2) is 18.1 Å². The van der Waals surface area contributed by atoms with Crippen LogP contribution in [0.15, 0.2) is 22.7 Å². The Bertz CT molecular complexity index is 479. The summed E-state index contributed by atoms with van der Waals surface area (Å²) >= 11 is 3.64. The standard InChI is InChI=1S/C18H29BrN2/c1-13-8-9-21(14(2)10-13)17-11-16(19)7-6-15(17)12-20-18(3,4)5/h6-7,11,13-14,20H,8-10,12H2,1-5H3. The number of benzene rings is 1. The molecule has 2 unspecified atom stereocenters. The van der Waals surface area contributed by atoms with E-state index in [2.05, 4.69) is 79.0 Å². The molecule has 0 saturated carbocycles. The van der Waals surface area contributed by atoms with Crippen molar-refractivity contribution < 1.29 is 0 Å². The lowest BCUT2D eigenvalue weighted by molar-refractivity contribution is 0.376. The van der Waals surface area contributed by atoms with Gasteiger partial charge in [0.2, 0.25) is 0 Å². The molecule has 2 rings (SSSR count). The Labute approximate surface area is 138 Å². The molecule has 0 aliphatic carbocycles. The first-order valence-corrected chi connectivity index (χ1v) is 8.85. The van der Waals surface area contributed by atoms with Crippen LogP contribution < -0.4 is 10.2 Å². The van der Waals surface area contributed by atoms with Gasteiger partial charge in [-0.1, -0.05) is 28.9 Å². The van der Waals surface area contributed by atoms with Crippen LogP contribution in [0.25, 0.3) is 0 Å². The molecule has 0 radical (unpaired) electrons. The molecule has 1 aromatic carbocycles. The van der Waals surface area contributed by atoms with Crippen LogP contribution >= 0.6 is 15.9 Å². The fourth-order valence-electron chi connectivity index (χ4n) is 3.08. The second-order valence-electron chi connectivity index (χ2n) is 7.55. The van der Waals surface area contributed by atoms with Crippen molar-refractivity contribution in [3.05, 3.63) is 28.2 Å². The molecule has 0 spiro atoms. The largest absolute Gasteiger partial charge is 0.369 e. The monoisotopic (exact) mass is 352 g/mol. The molecule has 1 aromatic rings. The number of hydrogen-bond acceptors (Lipinski definition) is 2. The molecule has 1 aliphatic rings. The first-order valence-electron chi connectivity index (χ1n) is 8.06. The van der Waals surface area contributed by atoms with Crippen molar-refractivity contribution in [3.8, 4) is 0 Å². The van der Waals surface area contributed by atoms with Gasteiger partial charge in [-0.25, -0.2) is 0 Å². The van der Waals surface area contributed by atoms with Gasteiger partial charge in [0, 0.05) is 34.8 Å². The van der Waals surface area contributed by atoms with Gasteiger partial charge in [-0.2, -0.15) is 0 Å². The summed E-state index contributed by atoms with van der Waals surface area (Å²) in [6.45, 7) is 13.5. The van der Waals surface area contributed by atoms with Gasteiger partial charge in [0.05, 0.1) is 0 Å². The van der Waals surface area contributed by atoms with E-state index in [0.717, 1.165) is 12.5 Å². The molecular formula is C18H29BrN2. The summed E-state index contributed by atoms with van der Waals surface area (Å²) in [6.07, 6.45) is 2.58. The Balaban J connectivity index is 2.22. The predicted octanol–water partition coefficient (Wildman–Crippen LogP) is 4.96. The molecule has 3 heteroatoms. The summed E-state index contributed by atoms with van der Waals surface area (Å²) in [6, 6.07) is 7.31. The minimum absolute atomic E-state index is 0.145. The number of halogens is 1. The average Bonchev–Trinajstić information content (AvgIpc) is 2.36. The van der Waals surface area contributed by atoms with Crippen molar-refractivity contribution in [2.24, 2.45) is 5.92 Å². The van der Waals surface area contributed by atoms with Gasteiger partial charge < -0.3 is 10.2 Å². The summed E-state index contributed by atoms with van der Waals surface area (Å²) in [5, 5.41) is 3.62. The van der Waals surface area contributed by atoms with Gasteiger partial charge in [0.25, 0.3) is 0 Å². The molecule has 0 bridgehead atoms. The highest BCUT2D eigenvalue weighted by Crippen LogP contribution is 2.32. The molecule has 1 aliphatic heterocycles. The zero-order valence-corrected chi connectivity index (χ0v) is 15.6. The van der Waals surface area contributed by atoms with Crippen LogP contribution in [0.5, 0.6) is 0 Å². The van der Waals surface area contributed by atoms with Crippen LogP contribution in [0.1, 0.15) is 53.0 Å². The van der Waals surface area contributed by atoms with Crippen LogP contribution in [0.3, 0.4) is 0 Å². The summed E-state index contributed by atoms with van der Waals surface area (Å²) in [7, 11) is 0. The van der Waals surface area contributed by atoms with Gasteiger partial charge in [0.15, 0.2) is 0 Å². The Kier molecular flexibility index (Phi) is 5.37. The lowest BCUT2D eigenvalue weighted by Crippen LogP contribution is -2.41. The third kappa shape index (κ3) is 4.72. The summed E-state index contributed by atoms with van der Waals surface area (Å²) in [5.74, 6) is 0.847. The SMILES string of the molecule is CC1CCN(c2cc(Br)ccc2CNC(C)(C)C)C(C)C1. The van der Waals surface area contributed by atoms with Crippen molar-refractivity contribution in [2.75, 3.05) is 11.4 Å². The number of piperidine rings is 1. The van der Waals surface area contributed by atoms with Gasteiger partial charge in [-0.05, 0) is 64.2 Å². The molecule has 1 fully saturated rings. The highest BCUT2D eigenvalue weighted by Gasteiger charge is 2.25. The van der Waals surface area contributed by atoms with Crippen molar-refractivity contribution in [2.45, 2.75) is 65.6 Å². The minimum atomic E-state index is 0.145. The number of anilines is 1. The van der Waals surface area contributed by atoms with Gasteiger partial charge in [-0.3, -0.25) is 0 Å². The summed E-state index contributed by atoms with van der Waals surface area (Å²) in [5.41, 5.74) is 2.93. The Morgan fingerprint density at radius 1 is 1.29 bits per heavy atom. The first kappa shape index (κ1) is 16.8. The van der Waals surface area contributed by atoms with E-state index in [4.69, 9.17) is 0 Å². The second kappa shape index (κ2) is 6.70. The van der Waals surface area contributed by atoms with E-state index >= 15 is 0 Å². The van der Waals surface area contributed by atoms with Crippen molar-refractivity contribution >= 4 is 21.6 Å². The van der Waals surface area contributed by atoms with Crippen molar-refractivity contribution in [1.82, 2.24) is 5.32 Å². The maximum Gasteiger partial charge on any atom is 0.0425 e. The number of nitrogens with zero attached hydrogens (tertiary/aromatic N) is 1. The maximum absolute atomic E-state index is 3.64. The highest BCUT2D eigenvalue weighted by molar-refractivity contribution is 9.10. The molecule has 1 N–H and O–H groups in total. The number of hydrogen-bond donors (Lipinski definition) is 1. The van der Waals surface area contributed by atoms with Crippen molar-refractivity contribution in [1.29, 1.82) is 0 Å². The van der Waals surface area contributed by atoms with Crippen LogP contribution in [0.4, 0.5) is 5.69 Å². The first-order chi connectivity index (χ1) is 9.76. The molecule has 2 nitrogen and oxygen atoms in total. The molecule has 118 valence electrons. The summed E-state index contributed by atoms with van der Waals surface area (Å²) < 4.78 is 1.17. The molecule has 0 amide bonds. The highest BCUT2D eigenvalue weighted by atomic mass is 79.9. The Hall–Kier alpha value is -0.540. The van der Waals surface area contributed by atoms with E-state index in [-0.39, 0.29) is 5.54 Å². The van der Waals surface area contributed by atoms with E-state index in [1.54, 1.807) is 0 Å². The van der Waals surface area contributed by atoms with E-state index in [1.165, 1.54) is 35.1 Å².